The van der Waals surface area contributed by atoms with Crippen molar-refractivity contribution in [1.29, 1.82) is 0 Å². The van der Waals surface area contributed by atoms with Gasteiger partial charge in [-0.2, -0.15) is 0 Å². The van der Waals surface area contributed by atoms with E-state index in [4.69, 9.17) is 0 Å². The molecule has 1 unspecified atom stereocenters. The molecular weight excluding hydrogens is 328 g/mol. The van der Waals surface area contributed by atoms with Crippen LogP contribution in [0.5, 0.6) is 0 Å². The molecule has 2 rings (SSSR count). The number of carbonyl (C=O) groups excluding carboxylic acids is 2. The van der Waals surface area contributed by atoms with Gasteiger partial charge in [0.2, 0.25) is 5.91 Å². The summed E-state index contributed by atoms with van der Waals surface area (Å²) in [5.74, 6) is -0.298. The van der Waals surface area contributed by atoms with Crippen molar-refractivity contribution >= 4 is 11.8 Å². The van der Waals surface area contributed by atoms with Crippen LogP contribution in [0.2, 0.25) is 0 Å². The standard InChI is InChI=1S/C21H32N2O3/c1-14(2)18(20(26)23-12-10-17(24)11-13-23)22-19(25)15-6-8-16(9-7-15)21(3,4)5/h6-9,14,17-18,24H,10-13H2,1-5H3,(H,22,25). The molecule has 0 saturated carbocycles. The number of aliphatic hydroxyl groups excluding tert-OH is 1. The first-order chi connectivity index (χ1) is 12.1. The van der Waals surface area contributed by atoms with Gasteiger partial charge in [-0.25, -0.2) is 0 Å². The maximum atomic E-state index is 12.8. The van der Waals surface area contributed by atoms with Crippen molar-refractivity contribution in [3.8, 4) is 0 Å². The third-order valence-electron chi connectivity index (χ3n) is 5.01. The molecular formula is C21H32N2O3. The Balaban J connectivity index is 2.07. The fourth-order valence-electron chi connectivity index (χ4n) is 3.14. The zero-order valence-corrected chi connectivity index (χ0v) is 16.6. The van der Waals surface area contributed by atoms with E-state index in [0.717, 1.165) is 5.56 Å². The first kappa shape index (κ1) is 20.4. The Labute approximate surface area is 156 Å². The number of nitrogens with zero attached hydrogens (tertiary/aromatic N) is 1. The Kier molecular flexibility index (Phi) is 6.45. The number of benzene rings is 1. The molecule has 0 spiro atoms. The van der Waals surface area contributed by atoms with E-state index >= 15 is 0 Å². The number of hydrogen-bond donors (Lipinski definition) is 2. The Morgan fingerprint density at radius 1 is 1.12 bits per heavy atom. The maximum absolute atomic E-state index is 12.8. The van der Waals surface area contributed by atoms with E-state index in [-0.39, 0.29) is 29.3 Å². The first-order valence-electron chi connectivity index (χ1n) is 9.48. The van der Waals surface area contributed by atoms with Crippen LogP contribution in [-0.4, -0.2) is 47.1 Å². The van der Waals surface area contributed by atoms with Gasteiger partial charge in [-0.3, -0.25) is 9.59 Å². The van der Waals surface area contributed by atoms with Crippen LogP contribution in [0.4, 0.5) is 0 Å². The summed E-state index contributed by atoms with van der Waals surface area (Å²) in [5.41, 5.74) is 1.76. The molecule has 2 N–H and O–H groups in total. The molecule has 0 aliphatic carbocycles. The average Bonchev–Trinajstić information content (AvgIpc) is 2.58. The second kappa shape index (κ2) is 8.21. The van der Waals surface area contributed by atoms with Crippen molar-refractivity contribution in [1.82, 2.24) is 10.2 Å². The highest BCUT2D eigenvalue weighted by molar-refractivity contribution is 5.97. The summed E-state index contributed by atoms with van der Waals surface area (Å²) in [4.78, 5) is 27.2. The Morgan fingerprint density at radius 2 is 1.65 bits per heavy atom. The van der Waals surface area contributed by atoms with E-state index in [1.807, 2.05) is 38.1 Å². The number of rotatable bonds is 4. The van der Waals surface area contributed by atoms with Crippen LogP contribution in [0, 0.1) is 5.92 Å². The number of likely N-dealkylation sites (tertiary alicyclic amines) is 1. The zero-order valence-electron chi connectivity index (χ0n) is 16.6. The van der Waals surface area contributed by atoms with Gasteiger partial charge in [-0.15, -0.1) is 0 Å². The van der Waals surface area contributed by atoms with Crippen molar-refractivity contribution in [2.75, 3.05) is 13.1 Å². The minimum absolute atomic E-state index is 0.00727. The fourth-order valence-corrected chi connectivity index (χ4v) is 3.14. The maximum Gasteiger partial charge on any atom is 0.251 e. The van der Waals surface area contributed by atoms with Gasteiger partial charge in [-0.1, -0.05) is 46.8 Å². The van der Waals surface area contributed by atoms with Crippen LogP contribution < -0.4 is 5.32 Å². The van der Waals surface area contributed by atoms with Gasteiger partial charge in [0.1, 0.15) is 6.04 Å². The fraction of sp³-hybridized carbons (Fsp3) is 0.619. The lowest BCUT2D eigenvalue weighted by Crippen LogP contribution is -2.53. The number of amides is 2. The molecule has 1 aromatic rings. The molecule has 0 bridgehead atoms. The molecule has 144 valence electrons. The quantitative estimate of drug-likeness (QED) is 0.867. The molecule has 26 heavy (non-hydrogen) atoms. The summed E-state index contributed by atoms with van der Waals surface area (Å²) in [7, 11) is 0. The summed E-state index contributed by atoms with van der Waals surface area (Å²) in [5, 5.41) is 12.5. The Bertz CT molecular complexity index is 624. The monoisotopic (exact) mass is 360 g/mol. The second-order valence-electron chi connectivity index (χ2n) is 8.58. The molecule has 1 aliphatic rings. The topological polar surface area (TPSA) is 69.6 Å². The van der Waals surface area contributed by atoms with E-state index in [0.29, 0.717) is 31.5 Å². The van der Waals surface area contributed by atoms with Gasteiger partial charge in [-0.05, 0) is 41.9 Å². The van der Waals surface area contributed by atoms with Gasteiger partial charge < -0.3 is 15.3 Å². The summed E-state index contributed by atoms with van der Waals surface area (Å²) in [6, 6.07) is 7.00. The summed E-state index contributed by atoms with van der Waals surface area (Å²) < 4.78 is 0. The largest absolute Gasteiger partial charge is 0.393 e. The van der Waals surface area contributed by atoms with Gasteiger partial charge >= 0.3 is 0 Å². The number of aliphatic hydroxyl groups is 1. The third kappa shape index (κ3) is 5.07. The van der Waals surface area contributed by atoms with Crippen LogP contribution in [0.1, 0.15) is 63.4 Å². The molecule has 1 fully saturated rings. The lowest BCUT2D eigenvalue weighted by atomic mass is 9.86. The first-order valence-corrected chi connectivity index (χ1v) is 9.48. The predicted molar refractivity (Wildman–Crippen MR) is 103 cm³/mol. The van der Waals surface area contributed by atoms with Gasteiger partial charge in [0.15, 0.2) is 0 Å². The number of hydrogen-bond acceptors (Lipinski definition) is 3. The van der Waals surface area contributed by atoms with Crippen molar-refractivity contribution in [3.05, 3.63) is 35.4 Å². The summed E-state index contributed by atoms with van der Waals surface area (Å²) in [6.45, 7) is 11.3. The number of nitrogens with one attached hydrogen (secondary N) is 1. The number of piperidine rings is 1. The lowest BCUT2D eigenvalue weighted by Gasteiger charge is -2.34. The van der Waals surface area contributed by atoms with Crippen LogP contribution in [0.3, 0.4) is 0 Å². The molecule has 1 aliphatic heterocycles. The van der Waals surface area contributed by atoms with Crippen molar-refractivity contribution in [2.24, 2.45) is 5.92 Å². The molecule has 1 atom stereocenters. The average molecular weight is 360 g/mol. The predicted octanol–water partition coefficient (Wildman–Crippen LogP) is 2.72. The highest BCUT2D eigenvalue weighted by Gasteiger charge is 2.31. The van der Waals surface area contributed by atoms with E-state index < -0.39 is 6.04 Å². The molecule has 1 saturated heterocycles. The van der Waals surface area contributed by atoms with Crippen LogP contribution in [0.15, 0.2) is 24.3 Å². The van der Waals surface area contributed by atoms with Crippen LogP contribution in [0.25, 0.3) is 0 Å². The molecule has 2 amide bonds. The van der Waals surface area contributed by atoms with Gasteiger partial charge in [0.05, 0.1) is 6.10 Å². The van der Waals surface area contributed by atoms with E-state index in [9.17, 15) is 14.7 Å². The minimum Gasteiger partial charge on any atom is -0.393 e. The molecule has 0 radical (unpaired) electrons. The van der Waals surface area contributed by atoms with E-state index in [2.05, 4.69) is 26.1 Å². The summed E-state index contributed by atoms with van der Waals surface area (Å²) >= 11 is 0. The van der Waals surface area contributed by atoms with E-state index in [1.54, 1.807) is 4.90 Å². The molecule has 5 heteroatoms. The van der Waals surface area contributed by atoms with E-state index in [1.165, 1.54) is 0 Å². The normalized spacial score (nSPS) is 17.3. The van der Waals surface area contributed by atoms with Crippen LogP contribution in [-0.2, 0) is 10.2 Å². The minimum atomic E-state index is -0.556. The molecule has 1 aromatic carbocycles. The number of carbonyl (C=O) groups is 2. The Morgan fingerprint density at radius 3 is 2.12 bits per heavy atom. The molecule has 0 aromatic heterocycles. The smallest absolute Gasteiger partial charge is 0.251 e. The van der Waals surface area contributed by atoms with Crippen molar-refractivity contribution in [2.45, 2.75) is 65.0 Å². The molecule has 5 nitrogen and oxygen atoms in total. The highest BCUT2D eigenvalue weighted by Crippen LogP contribution is 2.22. The Hall–Kier alpha value is -1.88. The second-order valence-corrected chi connectivity index (χ2v) is 8.58. The molecule has 1 heterocycles. The van der Waals surface area contributed by atoms with Crippen molar-refractivity contribution < 1.29 is 14.7 Å². The zero-order chi connectivity index (χ0) is 19.5. The van der Waals surface area contributed by atoms with Crippen LogP contribution >= 0.6 is 0 Å². The van der Waals surface area contributed by atoms with Gasteiger partial charge in [0.25, 0.3) is 5.91 Å². The third-order valence-corrected chi connectivity index (χ3v) is 5.01. The summed E-state index contributed by atoms with van der Waals surface area (Å²) in [6.07, 6.45) is 0.866. The SMILES string of the molecule is CC(C)C(NC(=O)c1ccc(C(C)(C)C)cc1)C(=O)N1CCC(O)CC1. The van der Waals surface area contributed by atoms with Crippen molar-refractivity contribution in [3.63, 3.8) is 0 Å². The highest BCUT2D eigenvalue weighted by atomic mass is 16.3. The van der Waals surface area contributed by atoms with Gasteiger partial charge in [0, 0.05) is 18.7 Å². The lowest BCUT2D eigenvalue weighted by molar-refractivity contribution is -0.136.